The van der Waals surface area contributed by atoms with Gasteiger partial charge in [0.1, 0.15) is 0 Å². The molecule has 8 nitrogen and oxygen atoms in total. The number of non-ortho nitro benzene ring substituents is 1. The van der Waals surface area contributed by atoms with Crippen LogP contribution in [0.15, 0.2) is 52.2 Å². The zero-order valence-corrected chi connectivity index (χ0v) is 13.2. The topological polar surface area (TPSA) is 103 Å². The number of nitro groups is 1. The maximum absolute atomic E-state index is 12.7. The van der Waals surface area contributed by atoms with Crippen molar-refractivity contribution in [2.45, 2.75) is 11.4 Å². The minimum absolute atomic E-state index is 0.0114. The van der Waals surface area contributed by atoms with Crippen LogP contribution < -0.4 is 0 Å². The van der Waals surface area contributed by atoms with E-state index in [2.05, 4.69) is 0 Å². The Labute approximate surface area is 133 Å². The first-order valence-corrected chi connectivity index (χ1v) is 8.14. The van der Waals surface area contributed by atoms with Crippen molar-refractivity contribution in [3.05, 3.63) is 58.5 Å². The van der Waals surface area contributed by atoms with E-state index in [1.54, 1.807) is 6.07 Å². The molecule has 0 aliphatic rings. The molecule has 0 bridgehead atoms. The molecule has 0 unspecified atom stereocenters. The van der Waals surface area contributed by atoms with Crippen LogP contribution in [0.4, 0.5) is 5.69 Å². The van der Waals surface area contributed by atoms with Crippen molar-refractivity contribution in [3.8, 4) is 0 Å². The van der Waals surface area contributed by atoms with E-state index in [0.717, 1.165) is 0 Å². The van der Waals surface area contributed by atoms with Gasteiger partial charge < -0.3 is 9.15 Å². The molecule has 1 aromatic carbocycles. The van der Waals surface area contributed by atoms with Crippen molar-refractivity contribution in [1.29, 1.82) is 0 Å². The highest BCUT2D eigenvalue weighted by molar-refractivity contribution is 7.89. The molecule has 0 atom stereocenters. The summed E-state index contributed by atoms with van der Waals surface area (Å²) in [5, 5.41) is 10.7. The van der Waals surface area contributed by atoms with Gasteiger partial charge in [0.15, 0.2) is 0 Å². The summed E-state index contributed by atoms with van der Waals surface area (Å²) in [6.07, 6.45) is 2.92. The number of furan rings is 1. The number of sulfonamides is 1. The van der Waals surface area contributed by atoms with Crippen LogP contribution in [0.5, 0.6) is 0 Å². The largest absolute Gasteiger partial charge is 0.472 e. The lowest BCUT2D eigenvalue weighted by Crippen LogP contribution is -2.33. The van der Waals surface area contributed by atoms with Crippen molar-refractivity contribution < 1.29 is 22.5 Å². The first-order chi connectivity index (χ1) is 10.9. The number of nitrogens with zero attached hydrogens (tertiary/aromatic N) is 2. The Bertz CT molecular complexity index is 740. The fraction of sp³-hybridized carbons (Fsp3) is 0.286. The average Bonchev–Trinajstić information content (AvgIpc) is 3.04. The monoisotopic (exact) mass is 340 g/mol. The molecule has 2 aromatic rings. The molecular formula is C14H16N2O6S. The average molecular weight is 340 g/mol. The highest BCUT2D eigenvalue weighted by Crippen LogP contribution is 2.21. The highest BCUT2D eigenvalue weighted by Gasteiger charge is 2.25. The number of hydrogen-bond donors (Lipinski definition) is 0. The Morgan fingerprint density at radius 3 is 2.48 bits per heavy atom. The first kappa shape index (κ1) is 17.1. The van der Waals surface area contributed by atoms with E-state index in [-0.39, 0.29) is 30.3 Å². The molecule has 0 fully saturated rings. The lowest BCUT2D eigenvalue weighted by molar-refractivity contribution is -0.384. The Hall–Kier alpha value is -2.23. The number of benzene rings is 1. The van der Waals surface area contributed by atoms with Crippen LogP contribution in [-0.4, -0.2) is 37.9 Å². The van der Waals surface area contributed by atoms with Gasteiger partial charge in [-0.2, -0.15) is 4.31 Å². The van der Waals surface area contributed by atoms with Crippen LogP contribution in [-0.2, 0) is 21.3 Å². The molecule has 0 N–H and O–H groups in total. The lowest BCUT2D eigenvalue weighted by atomic mass is 10.3. The van der Waals surface area contributed by atoms with E-state index in [1.165, 1.54) is 48.2 Å². The molecule has 0 amide bonds. The normalized spacial score (nSPS) is 11.7. The molecule has 9 heteroatoms. The minimum Gasteiger partial charge on any atom is -0.472 e. The molecule has 0 aliphatic heterocycles. The zero-order valence-electron chi connectivity index (χ0n) is 12.4. The van der Waals surface area contributed by atoms with E-state index in [1.807, 2.05) is 0 Å². The quantitative estimate of drug-likeness (QED) is 0.538. The summed E-state index contributed by atoms with van der Waals surface area (Å²) in [5.41, 5.74) is 0.536. The Balaban J connectivity index is 2.28. The molecule has 0 spiro atoms. The molecule has 124 valence electrons. The third kappa shape index (κ3) is 4.15. The van der Waals surface area contributed by atoms with Gasteiger partial charge in [0.05, 0.1) is 29.0 Å². The van der Waals surface area contributed by atoms with E-state index in [9.17, 15) is 18.5 Å². The summed E-state index contributed by atoms with van der Waals surface area (Å²) in [4.78, 5) is 10.1. The number of hydrogen-bond acceptors (Lipinski definition) is 6. The van der Waals surface area contributed by atoms with Gasteiger partial charge >= 0.3 is 0 Å². The first-order valence-electron chi connectivity index (χ1n) is 6.70. The number of nitro benzene ring substituents is 1. The van der Waals surface area contributed by atoms with Crippen LogP contribution in [0.3, 0.4) is 0 Å². The molecule has 1 heterocycles. The Morgan fingerprint density at radius 2 is 1.96 bits per heavy atom. The summed E-state index contributed by atoms with van der Waals surface area (Å²) in [6.45, 7) is 0.504. The second kappa shape index (κ2) is 7.36. The van der Waals surface area contributed by atoms with E-state index < -0.39 is 14.9 Å². The van der Waals surface area contributed by atoms with Crippen LogP contribution in [0.25, 0.3) is 0 Å². The van der Waals surface area contributed by atoms with E-state index in [0.29, 0.717) is 5.56 Å². The van der Waals surface area contributed by atoms with Crippen LogP contribution in [0, 0.1) is 10.1 Å². The summed E-state index contributed by atoms with van der Waals surface area (Å²) < 4.78 is 36.6. The molecule has 0 radical (unpaired) electrons. The van der Waals surface area contributed by atoms with Gasteiger partial charge in [-0.25, -0.2) is 8.42 Å². The molecule has 0 saturated heterocycles. The van der Waals surface area contributed by atoms with Gasteiger partial charge in [0.2, 0.25) is 10.0 Å². The van der Waals surface area contributed by atoms with Crippen molar-refractivity contribution in [3.63, 3.8) is 0 Å². The minimum atomic E-state index is -3.80. The summed E-state index contributed by atoms with van der Waals surface area (Å²) in [6, 6.07) is 6.45. The lowest BCUT2D eigenvalue weighted by Gasteiger charge is -2.21. The van der Waals surface area contributed by atoms with Gasteiger partial charge in [0.25, 0.3) is 5.69 Å². The zero-order chi connectivity index (χ0) is 16.9. The van der Waals surface area contributed by atoms with Crippen LogP contribution in [0.2, 0.25) is 0 Å². The van der Waals surface area contributed by atoms with Gasteiger partial charge in [0, 0.05) is 37.9 Å². The van der Waals surface area contributed by atoms with Crippen molar-refractivity contribution in [1.82, 2.24) is 4.31 Å². The van der Waals surface area contributed by atoms with Crippen LogP contribution in [0.1, 0.15) is 5.56 Å². The van der Waals surface area contributed by atoms with Crippen molar-refractivity contribution in [2.24, 2.45) is 0 Å². The maximum Gasteiger partial charge on any atom is 0.269 e. The van der Waals surface area contributed by atoms with E-state index in [4.69, 9.17) is 9.15 Å². The molecular weight excluding hydrogens is 324 g/mol. The number of rotatable bonds is 8. The van der Waals surface area contributed by atoms with Gasteiger partial charge in [-0.15, -0.1) is 0 Å². The Morgan fingerprint density at radius 1 is 1.26 bits per heavy atom. The molecule has 0 saturated carbocycles. The second-order valence-corrected chi connectivity index (χ2v) is 6.65. The molecule has 2 rings (SSSR count). The number of ether oxygens (including phenoxy) is 1. The van der Waals surface area contributed by atoms with Gasteiger partial charge in [-0.3, -0.25) is 10.1 Å². The molecule has 23 heavy (non-hydrogen) atoms. The van der Waals surface area contributed by atoms with Crippen molar-refractivity contribution >= 4 is 15.7 Å². The van der Waals surface area contributed by atoms with Gasteiger partial charge in [-0.1, -0.05) is 0 Å². The van der Waals surface area contributed by atoms with Crippen LogP contribution >= 0.6 is 0 Å². The maximum atomic E-state index is 12.7. The highest BCUT2D eigenvalue weighted by atomic mass is 32.2. The third-order valence-corrected chi connectivity index (χ3v) is 5.03. The SMILES string of the molecule is COCCN(Cc1ccoc1)S(=O)(=O)c1ccc([N+](=O)[O-])cc1. The summed E-state index contributed by atoms with van der Waals surface area (Å²) in [5.74, 6) is 0. The fourth-order valence-corrected chi connectivity index (χ4v) is 3.36. The summed E-state index contributed by atoms with van der Waals surface area (Å²) >= 11 is 0. The number of methoxy groups -OCH3 is 1. The predicted octanol–water partition coefficient (Wildman–Crippen LogP) is 2.03. The Kier molecular flexibility index (Phi) is 5.48. The van der Waals surface area contributed by atoms with Crippen molar-refractivity contribution in [2.75, 3.05) is 20.3 Å². The molecule has 0 aliphatic carbocycles. The fourth-order valence-electron chi connectivity index (χ4n) is 1.95. The van der Waals surface area contributed by atoms with E-state index >= 15 is 0 Å². The molecule has 1 aromatic heterocycles. The third-order valence-electron chi connectivity index (χ3n) is 3.17. The smallest absolute Gasteiger partial charge is 0.269 e. The second-order valence-electron chi connectivity index (χ2n) is 4.71. The predicted molar refractivity (Wildman–Crippen MR) is 81.3 cm³/mol. The summed E-state index contributed by atoms with van der Waals surface area (Å²) in [7, 11) is -2.32. The standard InChI is InChI=1S/C14H16N2O6S/c1-21-9-7-15(10-12-6-8-22-11-12)23(19,20)14-4-2-13(3-5-14)16(17)18/h2-6,8,11H,7,9-10H2,1H3. The van der Waals surface area contributed by atoms with Gasteiger partial charge in [-0.05, 0) is 18.2 Å².